The minimum absolute atomic E-state index is 0.00525. The molecule has 5 heteroatoms. The smallest absolute Gasteiger partial charge is 0.309 e. The Labute approximate surface area is 157 Å². The van der Waals surface area contributed by atoms with Gasteiger partial charge < -0.3 is 14.2 Å². The largest absolute Gasteiger partial charge is 0.486 e. The summed E-state index contributed by atoms with van der Waals surface area (Å²) in [5.41, 5.74) is -0.569. The summed E-state index contributed by atoms with van der Waals surface area (Å²) in [5.74, 6) is -0.520. The quantitative estimate of drug-likeness (QED) is 0.640. The van der Waals surface area contributed by atoms with E-state index in [0.29, 0.717) is 0 Å². The van der Waals surface area contributed by atoms with E-state index >= 15 is 0 Å². The van der Waals surface area contributed by atoms with Gasteiger partial charge in [-0.1, -0.05) is 39.0 Å². The molecule has 0 aliphatic heterocycles. The van der Waals surface area contributed by atoms with E-state index in [0.717, 1.165) is 5.75 Å². The Hall–Kier alpha value is -2.04. The topological polar surface area (TPSA) is 61.8 Å². The van der Waals surface area contributed by atoms with Crippen LogP contribution >= 0.6 is 0 Å². The Kier molecular flexibility index (Phi) is 8.12. The molecule has 0 unspecified atom stereocenters. The number of carbonyl (C=O) groups excluding carboxylic acids is 2. The van der Waals surface area contributed by atoms with Crippen molar-refractivity contribution in [1.82, 2.24) is 0 Å². The van der Waals surface area contributed by atoms with Crippen LogP contribution in [-0.2, 0) is 19.1 Å². The molecule has 0 aromatic heterocycles. The molecule has 0 aliphatic rings. The molecule has 0 radical (unpaired) electrons. The molecule has 0 aliphatic carbocycles. The number of para-hydroxylation sites is 1. The minimum Gasteiger partial charge on any atom is -0.486 e. The first-order valence-electron chi connectivity index (χ1n) is 9.13. The number of hydrogen-bond donors (Lipinski definition) is 0. The average Bonchev–Trinajstić information content (AvgIpc) is 2.51. The van der Waals surface area contributed by atoms with Crippen LogP contribution in [0.4, 0.5) is 0 Å². The molecule has 0 N–H and O–H groups in total. The van der Waals surface area contributed by atoms with Crippen LogP contribution in [0, 0.1) is 11.8 Å². The summed E-state index contributed by atoms with van der Waals surface area (Å²) in [6, 6.07) is 9.45. The summed E-state index contributed by atoms with van der Waals surface area (Å²) in [4.78, 5) is 24.2. The van der Waals surface area contributed by atoms with Crippen molar-refractivity contribution in [3.8, 4) is 5.75 Å². The SMILES string of the molecule is CC(C)[C@@H](Oc1ccccc1)[C@@H](C)OC(=O)[C@H](C)CC(=O)OC(C)(C)C. The highest BCUT2D eigenvalue weighted by Gasteiger charge is 2.29. The van der Waals surface area contributed by atoms with E-state index in [-0.39, 0.29) is 18.4 Å². The lowest BCUT2D eigenvalue weighted by Crippen LogP contribution is -2.39. The Balaban J connectivity index is 2.63. The van der Waals surface area contributed by atoms with Gasteiger partial charge in [0.2, 0.25) is 0 Å². The van der Waals surface area contributed by atoms with E-state index in [1.54, 1.807) is 27.7 Å². The van der Waals surface area contributed by atoms with E-state index in [2.05, 4.69) is 0 Å². The number of benzene rings is 1. The highest BCUT2D eigenvalue weighted by Crippen LogP contribution is 2.21. The van der Waals surface area contributed by atoms with Crippen LogP contribution in [0.15, 0.2) is 30.3 Å². The summed E-state index contributed by atoms with van der Waals surface area (Å²) in [7, 11) is 0. The first kappa shape index (κ1) is 22.0. The predicted molar refractivity (Wildman–Crippen MR) is 101 cm³/mol. The molecule has 5 nitrogen and oxygen atoms in total. The lowest BCUT2D eigenvalue weighted by atomic mass is 10.0. The standard InChI is InChI=1S/C21H32O5/c1-14(2)19(25-17-11-9-8-10-12-17)16(4)24-20(23)15(3)13-18(22)26-21(5,6)7/h8-12,14-16,19H,13H2,1-7H3/t15-,16-,19-/m1/s1. The van der Waals surface area contributed by atoms with Gasteiger partial charge in [-0.2, -0.15) is 0 Å². The Morgan fingerprint density at radius 1 is 1.00 bits per heavy atom. The molecule has 0 saturated heterocycles. The van der Waals surface area contributed by atoms with Crippen LogP contribution < -0.4 is 4.74 Å². The maximum Gasteiger partial charge on any atom is 0.309 e. The van der Waals surface area contributed by atoms with Gasteiger partial charge in [0, 0.05) is 0 Å². The molecule has 0 bridgehead atoms. The molecule has 1 aromatic carbocycles. The molecule has 0 saturated carbocycles. The van der Waals surface area contributed by atoms with Gasteiger partial charge in [0.25, 0.3) is 0 Å². The fourth-order valence-electron chi connectivity index (χ4n) is 2.51. The van der Waals surface area contributed by atoms with Gasteiger partial charge in [-0.05, 0) is 45.7 Å². The van der Waals surface area contributed by atoms with Crippen LogP contribution in [0.1, 0.15) is 54.9 Å². The summed E-state index contributed by atoms with van der Waals surface area (Å²) in [6.07, 6.45) is -0.729. The van der Waals surface area contributed by atoms with Gasteiger partial charge in [0.05, 0.1) is 12.3 Å². The number of rotatable bonds is 8. The third kappa shape index (κ3) is 7.89. The zero-order chi connectivity index (χ0) is 19.9. The highest BCUT2D eigenvalue weighted by atomic mass is 16.6. The molecule has 146 valence electrons. The summed E-state index contributed by atoms with van der Waals surface area (Å²) >= 11 is 0. The van der Waals surface area contributed by atoms with Gasteiger partial charge in [0.15, 0.2) is 0 Å². The van der Waals surface area contributed by atoms with Crippen LogP contribution in [-0.4, -0.2) is 29.7 Å². The second-order valence-corrected chi connectivity index (χ2v) is 7.97. The van der Waals surface area contributed by atoms with Gasteiger partial charge in [-0.25, -0.2) is 0 Å². The van der Waals surface area contributed by atoms with E-state index in [9.17, 15) is 9.59 Å². The lowest BCUT2D eigenvalue weighted by Gasteiger charge is -2.29. The molecule has 0 heterocycles. The second-order valence-electron chi connectivity index (χ2n) is 7.97. The normalized spacial score (nSPS) is 15.1. The monoisotopic (exact) mass is 364 g/mol. The third-order valence-electron chi connectivity index (χ3n) is 3.73. The van der Waals surface area contributed by atoms with Gasteiger partial charge in [0.1, 0.15) is 23.6 Å². The van der Waals surface area contributed by atoms with Crippen LogP contribution in [0.3, 0.4) is 0 Å². The first-order valence-corrected chi connectivity index (χ1v) is 9.13. The fraction of sp³-hybridized carbons (Fsp3) is 0.619. The summed E-state index contributed by atoms with van der Waals surface area (Å²) in [6.45, 7) is 12.9. The van der Waals surface area contributed by atoms with E-state index < -0.39 is 29.6 Å². The first-order chi connectivity index (χ1) is 12.0. The van der Waals surface area contributed by atoms with Crippen LogP contribution in [0.25, 0.3) is 0 Å². The van der Waals surface area contributed by atoms with E-state index in [1.165, 1.54) is 0 Å². The van der Waals surface area contributed by atoms with Crippen LogP contribution in [0.5, 0.6) is 5.75 Å². The number of carbonyl (C=O) groups is 2. The second kappa shape index (κ2) is 9.60. The minimum atomic E-state index is -0.572. The molecular weight excluding hydrogens is 332 g/mol. The highest BCUT2D eigenvalue weighted by molar-refractivity contribution is 5.79. The van der Waals surface area contributed by atoms with E-state index in [1.807, 2.05) is 51.1 Å². The fourth-order valence-corrected chi connectivity index (χ4v) is 2.51. The number of hydrogen-bond acceptors (Lipinski definition) is 5. The van der Waals surface area contributed by atoms with Crippen molar-refractivity contribution >= 4 is 11.9 Å². The molecule has 1 rings (SSSR count). The van der Waals surface area contributed by atoms with Gasteiger partial charge >= 0.3 is 11.9 Å². The number of esters is 2. The third-order valence-corrected chi connectivity index (χ3v) is 3.73. The zero-order valence-corrected chi connectivity index (χ0v) is 16.9. The van der Waals surface area contributed by atoms with Crippen molar-refractivity contribution < 1.29 is 23.8 Å². The molecule has 0 amide bonds. The summed E-state index contributed by atoms with van der Waals surface area (Å²) < 4.78 is 16.8. The van der Waals surface area contributed by atoms with Crippen molar-refractivity contribution in [2.45, 2.75) is 72.7 Å². The maximum atomic E-state index is 12.3. The molecule has 1 aromatic rings. The zero-order valence-electron chi connectivity index (χ0n) is 16.9. The van der Waals surface area contributed by atoms with Crippen LogP contribution in [0.2, 0.25) is 0 Å². The lowest BCUT2D eigenvalue weighted by molar-refractivity contribution is -0.165. The van der Waals surface area contributed by atoms with Crippen molar-refractivity contribution in [2.75, 3.05) is 0 Å². The molecule has 0 fully saturated rings. The molecule has 3 atom stereocenters. The van der Waals surface area contributed by atoms with Crippen molar-refractivity contribution in [1.29, 1.82) is 0 Å². The van der Waals surface area contributed by atoms with Gasteiger partial charge in [-0.3, -0.25) is 9.59 Å². The molecule has 0 spiro atoms. The van der Waals surface area contributed by atoms with Crippen molar-refractivity contribution in [3.63, 3.8) is 0 Å². The average molecular weight is 364 g/mol. The Bertz CT molecular complexity index is 574. The number of ether oxygens (including phenoxy) is 3. The maximum absolute atomic E-state index is 12.3. The Morgan fingerprint density at radius 2 is 1.58 bits per heavy atom. The van der Waals surface area contributed by atoms with Crippen molar-refractivity contribution in [2.24, 2.45) is 11.8 Å². The summed E-state index contributed by atoms with van der Waals surface area (Å²) in [5, 5.41) is 0. The molecule has 26 heavy (non-hydrogen) atoms. The molecular formula is C21H32O5. The Morgan fingerprint density at radius 3 is 2.08 bits per heavy atom. The van der Waals surface area contributed by atoms with Gasteiger partial charge in [-0.15, -0.1) is 0 Å². The predicted octanol–water partition coefficient (Wildman–Crippen LogP) is 4.39. The van der Waals surface area contributed by atoms with Crippen molar-refractivity contribution in [3.05, 3.63) is 30.3 Å². The van der Waals surface area contributed by atoms with E-state index in [4.69, 9.17) is 14.2 Å².